The number of carbonyl (C=O) groups is 2. The normalized spacial score (nSPS) is 21.9. The van der Waals surface area contributed by atoms with Crippen molar-refractivity contribution >= 4 is 17.5 Å². The Morgan fingerprint density at radius 2 is 1.83 bits per heavy atom. The van der Waals surface area contributed by atoms with Crippen LogP contribution in [0.25, 0.3) is 0 Å². The highest BCUT2D eigenvalue weighted by Gasteiger charge is 2.46. The summed E-state index contributed by atoms with van der Waals surface area (Å²) in [6.45, 7) is 0.851. The van der Waals surface area contributed by atoms with E-state index in [1.165, 1.54) is 5.56 Å². The Morgan fingerprint density at radius 1 is 1.07 bits per heavy atom. The van der Waals surface area contributed by atoms with Crippen LogP contribution in [0.3, 0.4) is 0 Å². The molecule has 1 saturated heterocycles. The summed E-state index contributed by atoms with van der Waals surface area (Å²) in [4.78, 5) is 25.1. The molecule has 2 aliphatic rings. The number of amides is 2. The van der Waals surface area contributed by atoms with E-state index in [1.807, 2.05) is 53.8 Å². The summed E-state index contributed by atoms with van der Waals surface area (Å²) >= 11 is 0. The van der Waals surface area contributed by atoms with E-state index >= 15 is 0 Å². The van der Waals surface area contributed by atoms with Gasteiger partial charge in [-0.25, -0.2) is 0 Å². The molecule has 5 nitrogen and oxygen atoms in total. The molecule has 0 aliphatic carbocycles. The fourth-order valence-corrected chi connectivity index (χ4v) is 4.04. The first-order valence-corrected chi connectivity index (χ1v) is 9.92. The summed E-state index contributed by atoms with van der Waals surface area (Å²) in [6.07, 6.45) is -4.04. The van der Waals surface area contributed by atoms with Crippen LogP contribution in [0.4, 0.5) is 18.9 Å². The van der Waals surface area contributed by atoms with Crippen LogP contribution in [0, 0.1) is 5.92 Å². The van der Waals surface area contributed by atoms with E-state index in [4.69, 9.17) is 0 Å². The molecular weight excluding hydrogens is 395 g/mol. The Bertz CT molecular complexity index is 946. The monoisotopic (exact) mass is 417 g/mol. The second-order valence-electron chi connectivity index (χ2n) is 7.68. The zero-order valence-electron chi connectivity index (χ0n) is 16.1. The number of hydrogen-bond acceptors (Lipinski definition) is 3. The minimum atomic E-state index is -4.51. The van der Waals surface area contributed by atoms with Crippen molar-refractivity contribution in [2.75, 3.05) is 11.9 Å². The minimum Gasteiger partial charge on any atom is -0.384 e. The molecule has 2 aliphatic heterocycles. The highest BCUT2D eigenvalue weighted by atomic mass is 19.4. The number of nitrogens with one attached hydrogen (secondary N) is 3. The topological polar surface area (TPSA) is 70.2 Å². The van der Waals surface area contributed by atoms with Gasteiger partial charge >= 0.3 is 6.18 Å². The molecule has 0 radical (unpaired) electrons. The smallest absolute Gasteiger partial charge is 0.384 e. The Hall–Kier alpha value is -3.03. The Kier molecular flexibility index (Phi) is 5.40. The van der Waals surface area contributed by atoms with Crippen LogP contribution < -0.4 is 16.0 Å². The molecule has 3 N–H and O–H groups in total. The second kappa shape index (κ2) is 8.01. The van der Waals surface area contributed by atoms with Crippen molar-refractivity contribution in [3.05, 3.63) is 65.2 Å². The minimum absolute atomic E-state index is 0.144. The van der Waals surface area contributed by atoms with Gasteiger partial charge < -0.3 is 16.0 Å². The maximum atomic E-state index is 12.9. The van der Waals surface area contributed by atoms with Gasteiger partial charge in [0.2, 0.25) is 11.8 Å². The zero-order chi connectivity index (χ0) is 21.3. The number of piperidine rings is 1. The molecule has 2 aromatic rings. The summed E-state index contributed by atoms with van der Waals surface area (Å²) in [5.41, 5.74) is 3.87. The number of anilines is 1. The molecular formula is C22H22F3N3O2. The highest BCUT2D eigenvalue weighted by Crippen LogP contribution is 2.31. The van der Waals surface area contributed by atoms with Crippen LogP contribution in [0.2, 0.25) is 0 Å². The molecule has 0 spiro atoms. The van der Waals surface area contributed by atoms with E-state index in [2.05, 4.69) is 10.6 Å². The van der Waals surface area contributed by atoms with Crippen molar-refractivity contribution in [3.8, 4) is 0 Å². The largest absolute Gasteiger partial charge is 0.408 e. The van der Waals surface area contributed by atoms with Gasteiger partial charge in [-0.1, -0.05) is 42.5 Å². The summed E-state index contributed by atoms with van der Waals surface area (Å²) in [5, 5.41) is 8.13. The van der Waals surface area contributed by atoms with Gasteiger partial charge in [-0.3, -0.25) is 9.59 Å². The van der Waals surface area contributed by atoms with Crippen molar-refractivity contribution in [3.63, 3.8) is 0 Å². The number of halogens is 3. The standard InChI is InChI=1S/C22H22F3N3O2/c23-22(24,25)18-9-8-16(20(29)27-18)21(30)28-19(14-4-2-1-3-5-14)15-7-6-13-10-11-26-17(13)12-15/h1-7,12,16,18-19,26H,8-11H2,(H,27,29)(H,28,30). The Balaban J connectivity index is 1.55. The second-order valence-corrected chi connectivity index (χ2v) is 7.68. The predicted octanol–water partition coefficient (Wildman–Crippen LogP) is 3.32. The predicted molar refractivity (Wildman–Crippen MR) is 106 cm³/mol. The third-order valence-electron chi connectivity index (χ3n) is 5.69. The van der Waals surface area contributed by atoms with Crippen molar-refractivity contribution < 1.29 is 22.8 Å². The summed E-state index contributed by atoms with van der Waals surface area (Å²) in [5.74, 6) is -2.61. The molecule has 2 amide bonds. The molecule has 3 unspecified atom stereocenters. The maximum absolute atomic E-state index is 12.9. The van der Waals surface area contributed by atoms with Crippen LogP contribution in [-0.4, -0.2) is 30.6 Å². The quantitative estimate of drug-likeness (QED) is 0.669. The van der Waals surface area contributed by atoms with E-state index in [9.17, 15) is 22.8 Å². The van der Waals surface area contributed by atoms with Crippen LogP contribution in [-0.2, 0) is 16.0 Å². The van der Waals surface area contributed by atoms with Gasteiger partial charge in [-0.2, -0.15) is 13.2 Å². The van der Waals surface area contributed by atoms with Gasteiger partial charge in [0.25, 0.3) is 0 Å². The molecule has 0 aromatic heterocycles. The molecule has 2 aromatic carbocycles. The fourth-order valence-electron chi connectivity index (χ4n) is 4.04. The lowest BCUT2D eigenvalue weighted by Gasteiger charge is -2.31. The summed E-state index contributed by atoms with van der Waals surface area (Å²) in [6, 6.07) is 12.8. The zero-order valence-corrected chi connectivity index (χ0v) is 16.1. The molecule has 3 atom stereocenters. The fraction of sp³-hybridized carbons (Fsp3) is 0.364. The van der Waals surface area contributed by atoms with E-state index in [1.54, 1.807) is 0 Å². The van der Waals surface area contributed by atoms with E-state index in [-0.39, 0.29) is 12.8 Å². The first kappa shape index (κ1) is 20.3. The van der Waals surface area contributed by atoms with Gasteiger partial charge in [-0.05, 0) is 42.0 Å². The summed E-state index contributed by atoms with van der Waals surface area (Å²) in [7, 11) is 0. The van der Waals surface area contributed by atoms with Crippen LogP contribution in [0.5, 0.6) is 0 Å². The van der Waals surface area contributed by atoms with E-state index in [0.29, 0.717) is 0 Å². The van der Waals surface area contributed by atoms with E-state index < -0.39 is 36.0 Å². The third-order valence-corrected chi connectivity index (χ3v) is 5.69. The number of benzene rings is 2. The van der Waals surface area contributed by atoms with Crippen LogP contribution >= 0.6 is 0 Å². The van der Waals surface area contributed by atoms with Gasteiger partial charge in [-0.15, -0.1) is 0 Å². The Labute approximate surface area is 172 Å². The number of hydrogen-bond donors (Lipinski definition) is 3. The SMILES string of the molecule is O=C(NC(c1ccccc1)c1ccc2c(c1)NCC2)C1CCC(C(F)(F)F)NC1=O. The molecule has 0 bridgehead atoms. The van der Waals surface area contributed by atoms with Crippen LogP contribution in [0.1, 0.15) is 35.6 Å². The molecule has 2 heterocycles. The van der Waals surface area contributed by atoms with Gasteiger partial charge in [0, 0.05) is 12.2 Å². The lowest BCUT2D eigenvalue weighted by atomic mass is 9.91. The molecule has 4 rings (SSSR count). The molecule has 158 valence electrons. The highest BCUT2D eigenvalue weighted by molar-refractivity contribution is 6.01. The summed E-state index contributed by atoms with van der Waals surface area (Å²) < 4.78 is 38.7. The average molecular weight is 417 g/mol. The molecule has 1 fully saturated rings. The van der Waals surface area contributed by atoms with Crippen LogP contribution in [0.15, 0.2) is 48.5 Å². The molecule has 8 heteroatoms. The van der Waals surface area contributed by atoms with Crippen molar-refractivity contribution in [2.24, 2.45) is 5.92 Å². The van der Waals surface area contributed by atoms with Crippen molar-refractivity contribution in [1.82, 2.24) is 10.6 Å². The van der Waals surface area contributed by atoms with Gasteiger partial charge in [0.1, 0.15) is 12.0 Å². The number of alkyl halides is 3. The Morgan fingerprint density at radius 3 is 2.53 bits per heavy atom. The maximum Gasteiger partial charge on any atom is 0.408 e. The van der Waals surface area contributed by atoms with Gasteiger partial charge in [0.05, 0.1) is 6.04 Å². The molecule has 30 heavy (non-hydrogen) atoms. The number of rotatable bonds is 4. The third kappa shape index (κ3) is 4.13. The first-order valence-electron chi connectivity index (χ1n) is 9.92. The lowest BCUT2D eigenvalue weighted by Crippen LogP contribution is -2.54. The van der Waals surface area contributed by atoms with E-state index in [0.717, 1.165) is 29.8 Å². The lowest BCUT2D eigenvalue weighted by molar-refractivity contribution is -0.171. The molecule has 0 saturated carbocycles. The van der Waals surface area contributed by atoms with Gasteiger partial charge in [0.15, 0.2) is 0 Å². The van der Waals surface area contributed by atoms with Crippen molar-refractivity contribution in [2.45, 2.75) is 37.5 Å². The number of fused-ring (bicyclic) bond motifs is 1. The van der Waals surface area contributed by atoms with Crippen molar-refractivity contribution in [1.29, 1.82) is 0 Å². The average Bonchev–Trinajstić information content (AvgIpc) is 3.19. The first-order chi connectivity index (χ1) is 14.3. The number of carbonyl (C=O) groups excluding carboxylic acids is 2.